The molecular weight excluding hydrogens is 319 g/mol. The fourth-order valence-corrected chi connectivity index (χ4v) is 2.88. The summed E-state index contributed by atoms with van der Waals surface area (Å²) in [6, 6.07) is 7.66. The number of aryl methyl sites for hydroxylation is 1. The van der Waals surface area contributed by atoms with Gasteiger partial charge in [0.05, 0.1) is 13.7 Å². The van der Waals surface area contributed by atoms with Gasteiger partial charge in [-0.1, -0.05) is 6.92 Å². The van der Waals surface area contributed by atoms with Crippen LogP contribution >= 0.6 is 0 Å². The largest absolute Gasteiger partial charge is 0.493 e. The first-order valence-electron chi connectivity index (χ1n) is 8.57. The molecular formula is C18H23BN2O4. The molecule has 1 aliphatic heterocycles. The van der Waals surface area contributed by atoms with Crippen molar-refractivity contribution in [1.82, 2.24) is 9.97 Å². The van der Waals surface area contributed by atoms with Crippen LogP contribution in [0.2, 0.25) is 6.32 Å². The summed E-state index contributed by atoms with van der Waals surface area (Å²) in [6.45, 7) is 5.10. The molecule has 1 fully saturated rings. The first kappa shape index (κ1) is 17.7. The zero-order chi connectivity index (χ0) is 17.8. The highest BCUT2D eigenvalue weighted by atomic mass is 16.5. The molecule has 0 bridgehead atoms. The number of nitrogens with zero attached hydrogens (tertiary/aromatic N) is 2. The molecule has 1 aromatic heterocycles. The highest BCUT2D eigenvalue weighted by Gasteiger charge is 2.31. The van der Waals surface area contributed by atoms with Crippen LogP contribution in [0.3, 0.4) is 0 Å². The van der Waals surface area contributed by atoms with Crippen LogP contribution in [0.15, 0.2) is 24.3 Å². The van der Waals surface area contributed by atoms with Crippen molar-refractivity contribution in [3.05, 3.63) is 35.7 Å². The number of rotatable bonds is 6. The summed E-state index contributed by atoms with van der Waals surface area (Å²) < 4.78 is 16.4. The Bertz CT molecular complexity index is 741. The van der Waals surface area contributed by atoms with Crippen molar-refractivity contribution in [2.45, 2.75) is 32.5 Å². The zero-order valence-corrected chi connectivity index (χ0v) is 14.9. The molecule has 1 N–H and O–H groups in total. The van der Waals surface area contributed by atoms with E-state index in [9.17, 15) is 5.02 Å². The standard InChI is InChI=1S/C18H23BN2O4/c1-4-7-24-17-9-13(5-6-16(17)23-3)18-20-12(2)8-15(21-18)14-10-19(22)25-11-14/h5-6,8-9,14,22H,4,7,10-11H2,1-3H3/t14-/m0/s1. The van der Waals surface area contributed by atoms with E-state index in [0.29, 0.717) is 36.9 Å². The Kier molecular flexibility index (Phi) is 5.55. The molecule has 1 atom stereocenters. The Balaban J connectivity index is 1.94. The summed E-state index contributed by atoms with van der Waals surface area (Å²) in [5, 5.41) is 9.60. The zero-order valence-electron chi connectivity index (χ0n) is 14.9. The first-order chi connectivity index (χ1) is 12.1. The molecule has 2 heterocycles. The third-order valence-corrected chi connectivity index (χ3v) is 4.15. The van der Waals surface area contributed by atoms with E-state index >= 15 is 0 Å². The van der Waals surface area contributed by atoms with E-state index in [2.05, 4.69) is 11.9 Å². The molecule has 0 unspecified atom stereocenters. The summed E-state index contributed by atoms with van der Waals surface area (Å²) in [4.78, 5) is 9.26. The molecule has 7 heteroatoms. The lowest BCUT2D eigenvalue weighted by Crippen LogP contribution is -2.08. The highest BCUT2D eigenvalue weighted by Crippen LogP contribution is 2.33. The Labute approximate surface area is 148 Å². The second kappa shape index (κ2) is 7.84. The third kappa shape index (κ3) is 4.11. The minimum Gasteiger partial charge on any atom is -0.493 e. The minimum absolute atomic E-state index is 0.0875. The topological polar surface area (TPSA) is 73.7 Å². The monoisotopic (exact) mass is 342 g/mol. The summed E-state index contributed by atoms with van der Waals surface area (Å²) in [7, 11) is 0.916. The summed E-state index contributed by atoms with van der Waals surface area (Å²) in [5.41, 5.74) is 2.65. The fourth-order valence-electron chi connectivity index (χ4n) is 2.88. The van der Waals surface area contributed by atoms with Gasteiger partial charge in [-0.3, -0.25) is 0 Å². The molecule has 1 saturated heterocycles. The van der Waals surface area contributed by atoms with Crippen LogP contribution < -0.4 is 9.47 Å². The molecule has 2 aromatic rings. The van der Waals surface area contributed by atoms with E-state index in [-0.39, 0.29) is 5.92 Å². The summed E-state index contributed by atoms with van der Waals surface area (Å²) >= 11 is 0. The molecule has 0 amide bonds. The van der Waals surface area contributed by atoms with Crippen LogP contribution in [0.4, 0.5) is 0 Å². The fraction of sp³-hybridized carbons (Fsp3) is 0.444. The van der Waals surface area contributed by atoms with E-state index in [1.54, 1.807) is 7.11 Å². The Hall–Kier alpha value is -2.12. The summed E-state index contributed by atoms with van der Waals surface area (Å²) in [6.07, 6.45) is 1.48. The van der Waals surface area contributed by atoms with Crippen molar-refractivity contribution >= 4 is 7.12 Å². The second-order valence-corrected chi connectivity index (χ2v) is 6.19. The highest BCUT2D eigenvalue weighted by molar-refractivity contribution is 6.43. The molecule has 0 saturated carbocycles. The molecule has 1 aromatic carbocycles. The molecule has 132 valence electrons. The molecule has 0 aliphatic carbocycles. The lowest BCUT2D eigenvalue weighted by atomic mass is 9.81. The smallest absolute Gasteiger partial charge is 0.454 e. The van der Waals surface area contributed by atoms with Crippen molar-refractivity contribution < 1.29 is 19.2 Å². The maximum atomic E-state index is 9.60. The van der Waals surface area contributed by atoms with Crippen LogP contribution in [0.25, 0.3) is 11.4 Å². The number of methoxy groups -OCH3 is 1. The van der Waals surface area contributed by atoms with Gasteiger partial charge < -0.3 is 19.2 Å². The molecule has 0 radical (unpaired) electrons. The van der Waals surface area contributed by atoms with E-state index in [0.717, 1.165) is 23.4 Å². The van der Waals surface area contributed by atoms with E-state index in [4.69, 9.17) is 19.1 Å². The predicted molar refractivity (Wildman–Crippen MR) is 96.0 cm³/mol. The predicted octanol–water partition coefficient (Wildman–Crippen LogP) is 2.84. The van der Waals surface area contributed by atoms with Crippen LogP contribution in [-0.2, 0) is 4.65 Å². The van der Waals surface area contributed by atoms with Gasteiger partial charge in [0.25, 0.3) is 0 Å². The molecule has 3 rings (SSSR count). The number of ether oxygens (including phenoxy) is 2. The number of hydrogen-bond donors (Lipinski definition) is 1. The van der Waals surface area contributed by atoms with E-state index in [1.165, 1.54) is 0 Å². The third-order valence-electron chi connectivity index (χ3n) is 4.15. The van der Waals surface area contributed by atoms with Gasteiger partial charge in [0.15, 0.2) is 17.3 Å². The average Bonchev–Trinajstić information content (AvgIpc) is 3.05. The van der Waals surface area contributed by atoms with Crippen molar-refractivity contribution in [3.8, 4) is 22.9 Å². The Morgan fingerprint density at radius 1 is 1.28 bits per heavy atom. The van der Waals surface area contributed by atoms with Crippen molar-refractivity contribution in [3.63, 3.8) is 0 Å². The molecule has 25 heavy (non-hydrogen) atoms. The quantitative estimate of drug-likeness (QED) is 0.814. The van der Waals surface area contributed by atoms with E-state index < -0.39 is 7.12 Å². The van der Waals surface area contributed by atoms with Crippen LogP contribution in [-0.4, -0.2) is 42.4 Å². The van der Waals surface area contributed by atoms with Crippen LogP contribution in [0, 0.1) is 6.92 Å². The van der Waals surface area contributed by atoms with Gasteiger partial charge in [-0.25, -0.2) is 9.97 Å². The molecule has 1 aliphatic rings. The SMILES string of the molecule is CCCOc1cc(-c2nc(C)cc([C@@H]3COB(O)C3)n2)ccc1OC. The van der Waals surface area contributed by atoms with Gasteiger partial charge in [-0.05, 0) is 43.9 Å². The van der Waals surface area contributed by atoms with Gasteiger partial charge in [0.1, 0.15) is 0 Å². The van der Waals surface area contributed by atoms with Gasteiger partial charge in [-0.2, -0.15) is 0 Å². The van der Waals surface area contributed by atoms with Gasteiger partial charge >= 0.3 is 7.12 Å². The Morgan fingerprint density at radius 2 is 2.12 bits per heavy atom. The maximum absolute atomic E-state index is 9.60. The second-order valence-electron chi connectivity index (χ2n) is 6.19. The molecule has 6 nitrogen and oxygen atoms in total. The minimum atomic E-state index is -0.709. The van der Waals surface area contributed by atoms with Crippen molar-refractivity contribution in [2.75, 3.05) is 20.3 Å². The Morgan fingerprint density at radius 3 is 2.80 bits per heavy atom. The van der Waals surface area contributed by atoms with Crippen molar-refractivity contribution in [2.24, 2.45) is 0 Å². The van der Waals surface area contributed by atoms with E-state index in [1.807, 2.05) is 31.2 Å². The number of hydrogen-bond acceptors (Lipinski definition) is 6. The lowest BCUT2D eigenvalue weighted by Gasteiger charge is -2.13. The number of benzene rings is 1. The van der Waals surface area contributed by atoms with Gasteiger partial charge in [-0.15, -0.1) is 0 Å². The normalized spacial score (nSPS) is 17.0. The maximum Gasteiger partial charge on any atom is 0.454 e. The molecule has 0 spiro atoms. The lowest BCUT2D eigenvalue weighted by molar-refractivity contribution is 0.291. The van der Waals surface area contributed by atoms with Crippen LogP contribution in [0.5, 0.6) is 11.5 Å². The number of aromatic nitrogens is 2. The average molecular weight is 342 g/mol. The summed E-state index contributed by atoms with van der Waals surface area (Å²) in [5.74, 6) is 2.11. The van der Waals surface area contributed by atoms with Gasteiger partial charge in [0, 0.05) is 29.5 Å². The first-order valence-corrected chi connectivity index (χ1v) is 8.57. The van der Waals surface area contributed by atoms with Crippen LogP contribution in [0.1, 0.15) is 30.7 Å². The van der Waals surface area contributed by atoms with Crippen molar-refractivity contribution in [1.29, 1.82) is 0 Å². The van der Waals surface area contributed by atoms with Gasteiger partial charge in [0.2, 0.25) is 0 Å².